The molecular weight excluding hydrogens is 789 g/mol. The van der Waals surface area contributed by atoms with E-state index >= 15 is 0 Å². The molecule has 5 heteroatoms. The smallest absolute Gasteiger partial charge is 0 e. The second-order valence-corrected chi connectivity index (χ2v) is 24.2. The van der Waals surface area contributed by atoms with Gasteiger partial charge in [0.15, 0.2) is 0 Å². The van der Waals surface area contributed by atoms with E-state index in [-0.39, 0.29) is 20.1 Å². The minimum absolute atomic E-state index is 0. The largest absolute Gasteiger partial charge is 0 e. The second kappa shape index (κ2) is 12.1. The summed E-state index contributed by atoms with van der Waals surface area (Å²) >= 11 is -2.12. The number of rotatable bonds is 6. The number of nitrogens with zero attached hydrogens (tertiary/aromatic N) is 2. The number of hydrogen-bond acceptors (Lipinski definition) is 2. The topological polar surface area (TPSA) is 31.0 Å². The number of para-hydroxylation sites is 2. The molecule has 0 aliphatic carbocycles. The quantitative estimate of drug-likeness (QED) is 0.124. The molecule has 0 bridgehead atoms. The zero-order valence-electron chi connectivity index (χ0n) is 27.0. The number of furan rings is 1. The minimum Gasteiger partial charge on any atom is 0 e. The SMILES string of the molecule is CC(C)c1c[c]([Ge]([CH3])([CH3])[CH3])cc(C(C)C)c1-n1c(-c2[c-]ccc3c2oc2cc(-c4ccccc4)ccc23)nc2ccccc21.[Ir]. The molecule has 0 atom stereocenters. The van der Waals surface area contributed by atoms with Crippen LogP contribution in [0.5, 0.6) is 0 Å². The molecule has 0 N–H and O–H groups in total. The van der Waals surface area contributed by atoms with E-state index in [1.165, 1.54) is 22.4 Å². The second-order valence-electron chi connectivity index (χ2n) is 13.6. The normalized spacial score (nSPS) is 12.1. The summed E-state index contributed by atoms with van der Waals surface area (Å²) in [4.78, 5) is 5.30. The third-order valence-corrected chi connectivity index (χ3v) is 13.1. The van der Waals surface area contributed by atoms with Crippen molar-refractivity contribution in [2.75, 3.05) is 0 Å². The molecule has 3 nitrogen and oxygen atoms in total. The Morgan fingerprint density at radius 3 is 2.07 bits per heavy atom. The number of hydrogen-bond donors (Lipinski definition) is 0. The van der Waals surface area contributed by atoms with Crippen LogP contribution in [0.15, 0.2) is 101 Å². The standard InChI is InChI=1S/C40H39GeN2O.Ir/c1-25(2)33-23-29(41(5,6)7)24-34(26(3)4)38(33)43-36-19-12-11-18-35(36)42-40(43)32-17-13-16-31-30-21-20-28(22-37(30)44-39(31)32)27-14-9-8-10-15-27;/h8-16,18-26H,1-7H3;/q-1;. The van der Waals surface area contributed by atoms with Gasteiger partial charge in [-0.1, -0.05) is 30.3 Å². The van der Waals surface area contributed by atoms with Gasteiger partial charge in [-0.2, -0.15) is 0 Å². The maximum atomic E-state index is 6.73. The first-order valence-corrected chi connectivity index (χ1v) is 23.0. The van der Waals surface area contributed by atoms with Gasteiger partial charge in [-0.25, -0.2) is 0 Å². The maximum Gasteiger partial charge on any atom is 0 e. The third kappa shape index (κ3) is 5.52. The van der Waals surface area contributed by atoms with E-state index in [1.807, 2.05) is 12.1 Å². The molecule has 0 saturated heterocycles. The summed E-state index contributed by atoms with van der Waals surface area (Å²) < 4.78 is 10.7. The van der Waals surface area contributed by atoms with Gasteiger partial charge >= 0.3 is 228 Å². The summed E-state index contributed by atoms with van der Waals surface area (Å²) in [5.41, 5.74) is 11.0. The summed E-state index contributed by atoms with van der Waals surface area (Å²) in [7, 11) is 0. The van der Waals surface area contributed by atoms with Crippen LogP contribution in [0.4, 0.5) is 0 Å². The van der Waals surface area contributed by atoms with Crippen LogP contribution in [-0.2, 0) is 20.1 Å². The fraction of sp³-hybridized carbons (Fsp3) is 0.225. The fourth-order valence-corrected chi connectivity index (χ4v) is 8.86. The zero-order chi connectivity index (χ0) is 30.7. The summed E-state index contributed by atoms with van der Waals surface area (Å²) in [6.07, 6.45) is 0. The molecule has 5 aromatic carbocycles. The maximum absolute atomic E-state index is 6.73. The van der Waals surface area contributed by atoms with Crippen LogP contribution >= 0.6 is 0 Å². The molecule has 0 saturated carbocycles. The van der Waals surface area contributed by atoms with E-state index in [4.69, 9.17) is 9.40 Å². The fourth-order valence-electron chi connectivity index (χ4n) is 6.39. The summed E-state index contributed by atoms with van der Waals surface area (Å²) in [5, 5.41) is 2.18. The van der Waals surface area contributed by atoms with Gasteiger partial charge in [0.05, 0.1) is 0 Å². The molecule has 0 unspecified atom stereocenters. The van der Waals surface area contributed by atoms with Crippen LogP contribution in [0, 0.1) is 6.07 Å². The average Bonchev–Trinajstić information content (AvgIpc) is 3.58. The summed E-state index contributed by atoms with van der Waals surface area (Å²) in [5.74, 6) is 9.03. The van der Waals surface area contributed by atoms with Gasteiger partial charge in [-0.3, -0.25) is 0 Å². The molecule has 229 valence electrons. The van der Waals surface area contributed by atoms with Gasteiger partial charge in [-0.05, 0) is 5.56 Å². The van der Waals surface area contributed by atoms with E-state index < -0.39 is 13.3 Å². The van der Waals surface area contributed by atoms with E-state index in [0.717, 1.165) is 49.9 Å². The van der Waals surface area contributed by atoms with Crippen LogP contribution in [0.2, 0.25) is 17.3 Å². The monoisotopic (exact) mass is 830 g/mol. The first-order chi connectivity index (χ1) is 21.1. The average molecular weight is 829 g/mol. The van der Waals surface area contributed by atoms with Crippen LogP contribution in [-0.4, -0.2) is 22.8 Å². The molecular formula is C40H39GeIrN2O-. The number of aromatic nitrogens is 2. The predicted octanol–water partition coefficient (Wildman–Crippen LogP) is 10.8. The Balaban J connectivity index is 0.00000357. The molecule has 0 amide bonds. The van der Waals surface area contributed by atoms with Gasteiger partial charge in [-0.15, -0.1) is 0 Å². The van der Waals surface area contributed by atoms with Crippen LogP contribution in [0.3, 0.4) is 0 Å². The summed E-state index contributed by atoms with van der Waals surface area (Å²) in [6, 6.07) is 38.2. The molecule has 0 fully saturated rings. The Morgan fingerprint density at radius 1 is 0.733 bits per heavy atom. The molecule has 0 aliphatic heterocycles. The number of imidazole rings is 1. The molecule has 1 radical (unpaired) electrons. The molecule has 45 heavy (non-hydrogen) atoms. The molecule has 2 aromatic heterocycles. The van der Waals surface area contributed by atoms with Gasteiger partial charge in [0.2, 0.25) is 0 Å². The summed E-state index contributed by atoms with van der Waals surface area (Å²) in [6.45, 7) is 9.27. The Labute approximate surface area is 282 Å². The van der Waals surface area contributed by atoms with Crippen molar-refractivity contribution in [1.82, 2.24) is 9.55 Å². The van der Waals surface area contributed by atoms with E-state index in [9.17, 15) is 0 Å². The van der Waals surface area contributed by atoms with Crippen molar-refractivity contribution in [2.45, 2.75) is 56.8 Å². The number of benzene rings is 5. The zero-order valence-corrected chi connectivity index (χ0v) is 31.5. The third-order valence-electron chi connectivity index (χ3n) is 8.83. The van der Waals surface area contributed by atoms with E-state index in [1.54, 1.807) is 4.40 Å². The van der Waals surface area contributed by atoms with Crippen LogP contribution < -0.4 is 4.40 Å². The van der Waals surface area contributed by atoms with Crippen molar-refractivity contribution in [1.29, 1.82) is 0 Å². The van der Waals surface area contributed by atoms with Crippen LogP contribution in [0.1, 0.15) is 50.7 Å². The molecule has 2 heterocycles. The minimum atomic E-state index is -2.12. The molecule has 7 aromatic rings. The van der Waals surface area contributed by atoms with E-state index in [2.05, 4.69) is 141 Å². The predicted molar refractivity (Wildman–Crippen MR) is 189 cm³/mol. The first-order valence-electron chi connectivity index (χ1n) is 15.7. The van der Waals surface area contributed by atoms with Crippen LogP contribution in [0.25, 0.3) is 61.2 Å². The van der Waals surface area contributed by atoms with Crippen molar-refractivity contribution in [3.05, 3.63) is 114 Å². The Hall–Kier alpha value is -3.44. The van der Waals surface area contributed by atoms with Crippen molar-refractivity contribution in [2.24, 2.45) is 0 Å². The van der Waals surface area contributed by atoms with Crippen molar-refractivity contribution in [3.8, 4) is 28.2 Å². The van der Waals surface area contributed by atoms with Gasteiger partial charge in [0, 0.05) is 20.1 Å². The van der Waals surface area contributed by atoms with Crippen molar-refractivity contribution < 1.29 is 24.5 Å². The van der Waals surface area contributed by atoms with Crippen molar-refractivity contribution >= 4 is 50.6 Å². The Bertz CT molecular complexity index is 2140. The Morgan fingerprint density at radius 2 is 1.40 bits per heavy atom. The van der Waals surface area contributed by atoms with Crippen molar-refractivity contribution in [3.63, 3.8) is 0 Å². The first kappa shape index (κ1) is 31.5. The van der Waals surface area contributed by atoms with E-state index in [0.29, 0.717) is 11.8 Å². The molecule has 0 aliphatic rings. The Kier molecular flexibility index (Phi) is 8.45. The number of fused-ring (bicyclic) bond motifs is 4. The van der Waals surface area contributed by atoms with Gasteiger partial charge < -0.3 is 0 Å². The molecule has 7 rings (SSSR count). The molecule has 0 spiro atoms. The van der Waals surface area contributed by atoms with Gasteiger partial charge in [0.25, 0.3) is 0 Å². The van der Waals surface area contributed by atoms with Gasteiger partial charge in [0.1, 0.15) is 0 Å².